The van der Waals surface area contributed by atoms with Gasteiger partial charge < -0.3 is 9.64 Å². The highest BCUT2D eigenvalue weighted by molar-refractivity contribution is 5.65. The van der Waals surface area contributed by atoms with Crippen molar-refractivity contribution in [2.75, 3.05) is 13.6 Å². The Morgan fingerprint density at radius 2 is 2.07 bits per heavy atom. The van der Waals surface area contributed by atoms with Crippen molar-refractivity contribution >= 4 is 0 Å². The molecule has 1 fully saturated rings. The van der Waals surface area contributed by atoms with Gasteiger partial charge in [0.05, 0.1) is 23.6 Å². The van der Waals surface area contributed by atoms with Crippen molar-refractivity contribution in [3.63, 3.8) is 0 Å². The largest absolute Gasteiger partial charge is 0.490 e. The molecule has 1 aliphatic carbocycles. The molecule has 148 valence electrons. The van der Waals surface area contributed by atoms with Crippen molar-refractivity contribution in [2.45, 2.75) is 57.9 Å². The number of hydrogen-bond acceptors (Lipinski definition) is 3. The fourth-order valence-electron chi connectivity index (χ4n) is 3.16. The lowest BCUT2D eigenvalue weighted by atomic mass is 9.96. The molecule has 4 nitrogen and oxygen atoms in total. The van der Waals surface area contributed by atoms with Crippen LogP contribution in [0.5, 0.6) is 5.75 Å². The van der Waals surface area contributed by atoms with Crippen LogP contribution >= 0.6 is 0 Å². The van der Waals surface area contributed by atoms with E-state index >= 15 is 0 Å². The Kier molecular flexibility index (Phi) is 6.09. The zero-order valence-electron chi connectivity index (χ0n) is 15.8. The van der Waals surface area contributed by atoms with Gasteiger partial charge in [0.2, 0.25) is 0 Å². The summed E-state index contributed by atoms with van der Waals surface area (Å²) in [5.74, 6) is -0.0860. The summed E-state index contributed by atoms with van der Waals surface area (Å²) in [5.41, 5.74) is 1.25. The number of nitrogens with one attached hydrogen (secondary N) is 1. The lowest BCUT2D eigenvalue weighted by molar-refractivity contribution is -0.139. The molecule has 0 unspecified atom stereocenters. The maximum absolute atomic E-state index is 13.6. The molecule has 1 N–H and O–H groups in total. The minimum absolute atomic E-state index is 0.0860. The third-order valence-electron chi connectivity index (χ3n) is 4.97. The van der Waals surface area contributed by atoms with Crippen LogP contribution in [-0.4, -0.2) is 34.8 Å². The topological polar surface area (TPSA) is 41.2 Å². The van der Waals surface area contributed by atoms with Crippen LogP contribution in [0.4, 0.5) is 13.2 Å². The molecule has 7 heteroatoms. The highest BCUT2D eigenvalue weighted by Gasteiger charge is 2.36. The average molecular weight is 381 g/mol. The smallest absolute Gasteiger partial charge is 0.419 e. The second-order valence-corrected chi connectivity index (χ2v) is 7.24. The molecular formula is C20H26F3N3O. The predicted molar refractivity (Wildman–Crippen MR) is 98.5 cm³/mol. The first kappa shape index (κ1) is 19.7. The van der Waals surface area contributed by atoms with Gasteiger partial charge in [0, 0.05) is 17.7 Å². The second-order valence-electron chi connectivity index (χ2n) is 7.24. The van der Waals surface area contributed by atoms with Crippen molar-refractivity contribution in [3.8, 4) is 17.0 Å². The van der Waals surface area contributed by atoms with Crippen LogP contribution in [0.1, 0.15) is 50.2 Å². The Morgan fingerprint density at radius 1 is 1.30 bits per heavy atom. The minimum Gasteiger partial charge on any atom is -0.490 e. The van der Waals surface area contributed by atoms with Gasteiger partial charge in [-0.25, -0.2) is 0 Å². The molecule has 2 aromatic rings. The molecule has 1 aromatic carbocycles. The maximum Gasteiger partial charge on any atom is 0.419 e. The molecule has 0 bridgehead atoms. The van der Waals surface area contributed by atoms with E-state index in [2.05, 4.69) is 22.0 Å². The van der Waals surface area contributed by atoms with E-state index < -0.39 is 11.7 Å². The monoisotopic (exact) mass is 381 g/mol. The third-order valence-corrected chi connectivity index (χ3v) is 4.97. The van der Waals surface area contributed by atoms with Gasteiger partial charge in [-0.15, -0.1) is 0 Å². The number of H-pyrrole nitrogens is 1. The fourth-order valence-corrected chi connectivity index (χ4v) is 3.16. The lowest BCUT2D eigenvalue weighted by Crippen LogP contribution is -2.25. The molecule has 1 saturated carbocycles. The molecule has 0 amide bonds. The quantitative estimate of drug-likeness (QED) is 0.678. The number of benzene rings is 1. The number of hydrogen-bond donors (Lipinski definition) is 1. The van der Waals surface area contributed by atoms with Gasteiger partial charge in [0.15, 0.2) is 0 Å². The van der Waals surface area contributed by atoms with Gasteiger partial charge in [0.1, 0.15) is 5.75 Å². The number of aromatic nitrogens is 2. The van der Waals surface area contributed by atoms with Crippen molar-refractivity contribution in [1.82, 2.24) is 15.1 Å². The fraction of sp³-hybridized carbons (Fsp3) is 0.550. The van der Waals surface area contributed by atoms with Crippen LogP contribution in [0.15, 0.2) is 24.4 Å². The van der Waals surface area contributed by atoms with E-state index in [1.807, 2.05) is 7.05 Å². The summed E-state index contributed by atoms with van der Waals surface area (Å²) in [7, 11) is 2.00. The Balaban J connectivity index is 1.85. The van der Waals surface area contributed by atoms with Gasteiger partial charge in [-0.05, 0) is 57.5 Å². The predicted octanol–water partition coefficient (Wildman–Crippen LogP) is 5.26. The van der Waals surface area contributed by atoms with E-state index in [4.69, 9.17) is 4.74 Å². The summed E-state index contributed by atoms with van der Waals surface area (Å²) in [4.78, 5) is 2.15. The van der Waals surface area contributed by atoms with Crippen LogP contribution in [-0.2, 0) is 12.7 Å². The number of halogens is 3. The highest BCUT2D eigenvalue weighted by Crippen LogP contribution is 2.40. The van der Waals surface area contributed by atoms with E-state index in [1.54, 1.807) is 12.3 Å². The van der Waals surface area contributed by atoms with E-state index in [1.165, 1.54) is 6.07 Å². The van der Waals surface area contributed by atoms with Gasteiger partial charge in [-0.3, -0.25) is 5.10 Å². The first-order chi connectivity index (χ1) is 12.9. The first-order valence-corrected chi connectivity index (χ1v) is 9.47. The van der Waals surface area contributed by atoms with Crippen molar-refractivity contribution in [1.29, 1.82) is 0 Å². The second kappa shape index (κ2) is 8.33. The summed E-state index contributed by atoms with van der Waals surface area (Å²) >= 11 is 0. The summed E-state index contributed by atoms with van der Waals surface area (Å²) in [5, 5.41) is 6.91. The lowest BCUT2D eigenvalue weighted by Gasteiger charge is -2.28. The molecule has 0 radical (unpaired) electrons. The summed E-state index contributed by atoms with van der Waals surface area (Å²) in [6.45, 7) is 3.69. The first-order valence-electron chi connectivity index (χ1n) is 9.47. The zero-order chi connectivity index (χ0) is 19.4. The number of nitrogens with zero attached hydrogens (tertiary/aromatic N) is 2. The Hall–Kier alpha value is -2.02. The SMILES string of the molecule is CCCCN(C)Cc1cn[nH]c1-c1ccc(OC2CCC2)c(C(F)(F)F)c1. The van der Waals surface area contributed by atoms with Gasteiger partial charge >= 0.3 is 6.18 Å². The van der Waals surface area contributed by atoms with Crippen LogP contribution in [0.3, 0.4) is 0 Å². The van der Waals surface area contributed by atoms with E-state index in [0.29, 0.717) is 17.8 Å². The minimum atomic E-state index is -4.47. The number of ether oxygens (including phenoxy) is 1. The van der Waals surface area contributed by atoms with Crippen LogP contribution < -0.4 is 4.74 Å². The van der Waals surface area contributed by atoms with Crippen LogP contribution in [0, 0.1) is 0 Å². The number of rotatable bonds is 8. The zero-order valence-corrected chi connectivity index (χ0v) is 15.8. The van der Waals surface area contributed by atoms with Gasteiger partial charge in [-0.2, -0.15) is 18.3 Å². The van der Waals surface area contributed by atoms with Crippen LogP contribution in [0.25, 0.3) is 11.3 Å². The number of aromatic amines is 1. The average Bonchev–Trinajstić information content (AvgIpc) is 3.03. The summed E-state index contributed by atoms with van der Waals surface area (Å²) < 4.78 is 46.3. The maximum atomic E-state index is 13.6. The number of alkyl halides is 3. The molecule has 1 aliphatic rings. The molecule has 27 heavy (non-hydrogen) atoms. The molecule has 0 saturated heterocycles. The van der Waals surface area contributed by atoms with Gasteiger partial charge in [-0.1, -0.05) is 13.3 Å². The normalized spacial score (nSPS) is 15.2. The Morgan fingerprint density at radius 3 is 2.70 bits per heavy atom. The molecular weight excluding hydrogens is 355 g/mol. The van der Waals surface area contributed by atoms with E-state index in [-0.39, 0.29) is 11.9 Å². The van der Waals surface area contributed by atoms with E-state index in [0.717, 1.165) is 50.3 Å². The molecule has 1 aromatic heterocycles. The summed E-state index contributed by atoms with van der Waals surface area (Å²) in [6, 6.07) is 4.27. The van der Waals surface area contributed by atoms with Crippen molar-refractivity contribution in [2.24, 2.45) is 0 Å². The number of unbranched alkanes of at least 4 members (excludes halogenated alkanes) is 1. The molecule has 3 rings (SSSR count). The Bertz CT molecular complexity index is 753. The molecule has 0 spiro atoms. The summed E-state index contributed by atoms with van der Waals surface area (Å²) in [6.07, 6.45) is 1.92. The third kappa shape index (κ3) is 4.83. The molecule has 0 atom stereocenters. The molecule has 0 aliphatic heterocycles. The molecule has 1 heterocycles. The van der Waals surface area contributed by atoms with Crippen LogP contribution in [0.2, 0.25) is 0 Å². The Labute approximate surface area is 157 Å². The highest BCUT2D eigenvalue weighted by atomic mass is 19.4. The van der Waals surface area contributed by atoms with E-state index in [9.17, 15) is 13.2 Å². The van der Waals surface area contributed by atoms with Gasteiger partial charge in [0.25, 0.3) is 0 Å². The standard InChI is InChI=1S/C20H26F3N3O/c1-3-4-10-26(2)13-15-12-24-25-19(15)14-8-9-18(27-16-6-5-7-16)17(11-14)20(21,22)23/h8-9,11-12,16H,3-7,10,13H2,1-2H3,(H,24,25). The van der Waals surface area contributed by atoms with Crippen molar-refractivity contribution < 1.29 is 17.9 Å². The van der Waals surface area contributed by atoms with Crippen molar-refractivity contribution in [3.05, 3.63) is 35.5 Å².